The summed E-state index contributed by atoms with van der Waals surface area (Å²) < 4.78 is 5.26. The Kier molecular flexibility index (Phi) is 5.12. The monoisotopic (exact) mass is 275 g/mol. The number of nitrogens with zero attached hydrogens (tertiary/aromatic N) is 3. The summed E-state index contributed by atoms with van der Waals surface area (Å²) in [4.78, 5) is 6.45. The van der Waals surface area contributed by atoms with Crippen molar-refractivity contribution in [2.75, 3.05) is 11.5 Å². The Balaban J connectivity index is 2.22. The van der Waals surface area contributed by atoms with Crippen molar-refractivity contribution < 1.29 is 9.63 Å². The summed E-state index contributed by atoms with van der Waals surface area (Å²) in [6.45, 7) is 4.66. The van der Waals surface area contributed by atoms with E-state index in [4.69, 9.17) is 4.52 Å². The number of aliphatic hydroxyl groups is 1. The number of para-hydroxylation sites is 1. The number of hydrogen-bond donors (Lipinski definition) is 1. The van der Waals surface area contributed by atoms with Crippen molar-refractivity contribution in [1.82, 2.24) is 10.1 Å². The van der Waals surface area contributed by atoms with E-state index in [1.165, 1.54) is 0 Å². The molecule has 1 atom stereocenters. The quantitative estimate of drug-likeness (QED) is 0.840. The van der Waals surface area contributed by atoms with E-state index in [1.807, 2.05) is 37.3 Å². The predicted octanol–water partition coefficient (Wildman–Crippen LogP) is 2.41. The van der Waals surface area contributed by atoms with Crippen LogP contribution in [-0.2, 0) is 13.0 Å². The summed E-state index contributed by atoms with van der Waals surface area (Å²) in [5, 5.41) is 13.5. The minimum Gasteiger partial charge on any atom is -0.394 e. The molecule has 5 nitrogen and oxygen atoms in total. The molecule has 5 heteroatoms. The SMILES string of the molecule is CCc1noc(CN(c2ccccc2)C(CC)CO)n1. The van der Waals surface area contributed by atoms with Crippen LogP contribution in [0.2, 0.25) is 0 Å². The van der Waals surface area contributed by atoms with Crippen LogP contribution in [0.25, 0.3) is 0 Å². The number of aromatic nitrogens is 2. The first-order valence-corrected chi connectivity index (χ1v) is 7.02. The standard InChI is InChI=1S/C15H21N3O2/c1-3-12(11-19)18(13-8-6-5-7-9-13)10-15-16-14(4-2)17-20-15/h5-9,12,19H,3-4,10-11H2,1-2H3. The Hall–Kier alpha value is -1.88. The Bertz CT molecular complexity index is 509. The van der Waals surface area contributed by atoms with Gasteiger partial charge >= 0.3 is 0 Å². The topological polar surface area (TPSA) is 62.4 Å². The Morgan fingerprint density at radius 1 is 1.25 bits per heavy atom. The van der Waals surface area contributed by atoms with Gasteiger partial charge in [0, 0.05) is 12.1 Å². The van der Waals surface area contributed by atoms with Crippen molar-refractivity contribution in [3.8, 4) is 0 Å². The number of aryl methyl sites for hydroxylation is 1. The van der Waals surface area contributed by atoms with Gasteiger partial charge in [-0.1, -0.05) is 37.2 Å². The van der Waals surface area contributed by atoms with E-state index in [2.05, 4.69) is 22.0 Å². The Morgan fingerprint density at radius 2 is 2.00 bits per heavy atom. The highest BCUT2D eigenvalue weighted by atomic mass is 16.5. The number of benzene rings is 1. The lowest BCUT2D eigenvalue weighted by atomic mass is 10.1. The average Bonchev–Trinajstić information content (AvgIpc) is 2.96. The van der Waals surface area contributed by atoms with Crippen LogP contribution in [-0.4, -0.2) is 27.9 Å². The molecule has 1 aromatic heterocycles. The van der Waals surface area contributed by atoms with Gasteiger partial charge < -0.3 is 14.5 Å². The van der Waals surface area contributed by atoms with Crippen LogP contribution in [0.3, 0.4) is 0 Å². The lowest BCUT2D eigenvalue weighted by molar-refractivity contribution is 0.251. The van der Waals surface area contributed by atoms with Crippen LogP contribution in [0.1, 0.15) is 32.0 Å². The van der Waals surface area contributed by atoms with Gasteiger partial charge in [-0.2, -0.15) is 4.98 Å². The molecule has 20 heavy (non-hydrogen) atoms. The van der Waals surface area contributed by atoms with Gasteiger partial charge in [0.2, 0.25) is 5.89 Å². The lowest BCUT2D eigenvalue weighted by Crippen LogP contribution is -2.37. The van der Waals surface area contributed by atoms with Gasteiger partial charge in [0.15, 0.2) is 5.82 Å². The maximum absolute atomic E-state index is 9.58. The third-order valence-electron chi connectivity index (χ3n) is 3.34. The molecule has 0 aliphatic heterocycles. The highest BCUT2D eigenvalue weighted by molar-refractivity contribution is 5.47. The third-order valence-corrected chi connectivity index (χ3v) is 3.34. The van der Waals surface area contributed by atoms with Gasteiger partial charge in [0.25, 0.3) is 0 Å². The molecule has 2 aromatic rings. The second-order valence-corrected chi connectivity index (χ2v) is 4.67. The van der Waals surface area contributed by atoms with Crippen molar-refractivity contribution >= 4 is 5.69 Å². The minimum atomic E-state index is 0.0365. The summed E-state index contributed by atoms with van der Waals surface area (Å²) in [7, 11) is 0. The van der Waals surface area contributed by atoms with Crippen molar-refractivity contribution in [1.29, 1.82) is 0 Å². The lowest BCUT2D eigenvalue weighted by Gasteiger charge is -2.30. The van der Waals surface area contributed by atoms with Gasteiger partial charge in [0.1, 0.15) is 0 Å². The molecule has 2 rings (SSSR count). The van der Waals surface area contributed by atoms with Gasteiger partial charge in [0.05, 0.1) is 19.2 Å². The summed E-state index contributed by atoms with van der Waals surface area (Å²) in [5.74, 6) is 1.29. The van der Waals surface area contributed by atoms with Crippen LogP contribution in [0.15, 0.2) is 34.9 Å². The molecule has 0 radical (unpaired) electrons. The number of aliphatic hydroxyl groups excluding tert-OH is 1. The second kappa shape index (κ2) is 7.05. The fourth-order valence-corrected chi connectivity index (χ4v) is 2.14. The summed E-state index contributed by atoms with van der Waals surface area (Å²) in [6.07, 6.45) is 1.60. The first kappa shape index (κ1) is 14.5. The van der Waals surface area contributed by atoms with Crippen LogP contribution >= 0.6 is 0 Å². The molecule has 1 aromatic carbocycles. The summed E-state index contributed by atoms with van der Waals surface area (Å²) >= 11 is 0. The second-order valence-electron chi connectivity index (χ2n) is 4.67. The molecule has 0 aliphatic carbocycles. The van der Waals surface area contributed by atoms with Crippen LogP contribution in [0, 0.1) is 0 Å². The summed E-state index contributed by atoms with van der Waals surface area (Å²) in [6, 6.07) is 10.0. The molecule has 0 bridgehead atoms. The molecule has 0 aliphatic rings. The smallest absolute Gasteiger partial charge is 0.246 e. The van der Waals surface area contributed by atoms with Crippen molar-refractivity contribution in [2.45, 2.75) is 39.3 Å². The largest absolute Gasteiger partial charge is 0.394 e. The molecule has 0 fully saturated rings. The highest BCUT2D eigenvalue weighted by Crippen LogP contribution is 2.20. The highest BCUT2D eigenvalue weighted by Gasteiger charge is 2.19. The zero-order valence-corrected chi connectivity index (χ0v) is 12.0. The minimum absolute atomic E-state index is 0.0365. The third kappa shape index (κ3) is 3.36. The Morgan fingerprint density at radius 3 is 2.55 bits per heavy atom. The van der Waals surface area contributed by atoms with Gasteiger partial charge in [-0.15, -0.1) is 0 Å². The molecule has 0 saturated carbocycles. The molecule has 1 unspecified atom stereocenters. The van der Waals surface area contributed by atoms with E-state index in [9.17, 15) is 5.11 Å². The van der Waals surface area contributed by atoms with E-state index >= 15 is 0 Å². The van der Waals surface area contributed by atoms with Crippen LogP contribution < -0.4 is 4.90 Å². The Labute approximate surface area is 119 Å². The maximum Gasteiger partial charge on any atom is 0.246 e. The van der Waals surface area contributed by atoms with Gasteiger partial charge in [-0.05, 0) is 18.6 Å². The van der Waals surface area contributed by atoms with E-state index in [0.717, 1.165) is 18.5 Å². The van der Waals surface area contributed by atoms with Gasteiger partial charge in [-0.3, -0.25) is 0 Å². The average molecular weight is 275 g/mol. The zero-order chi connectivity index (χ0) is 14.4. The van der Waals surface area contributed by atoms with E-state index in [-0.39, 0.29) is 12.6 Å². The van der Waals surface area contributed by atoms with E-state index in [1.54, 1.807) is 0 Å². The number of hydrogen-bond acceptors (Lipinski definition) is 5. The van der Waals surface area contributed by atoms with Crippen LogP contribution in [0.5, 0.6) is 0 Å². The van der Waals surface area contributed by atoms with E-state index < -0.39 is 0 Å². The molecular weight excluding hydrogens is 254 g/mol. The van der Waals surface area contributed by atoms with Crippen molar-refractivity contribution in [3.05, 3.63) is 42.0 Å². The fourth-order valence-electron chi connectivity index (χ4n) is 2.14. The predicted molar refractivity (Wildman–Crippen MR) is 77.5 cm³/mol. The number of rotatable bonds is 7. The number of anilines is 1. The van der Waals surface area contributed by atoms with Gasteiger partial charge in [-0.25, -0.2) is 0 Å². The van der Waals surface area contributed by atoms with Crippen molar-refractivity contribution in [2.24, 2.45) is 0 Å². The maximum atomic E-state index is 9.58. The van der Waals surface area contributed by atoms with Crippen molar-refractivity contribution in [3.63, 3.8) is 0 Å². The molecule has 108 valence electrons. The zero-order valence-electron chi connectivity index (χ0n) is 12.0. The van der Waals surface area contributed by atoms with E-state index in [0.29, 0.717) is 18.3 Å². The normalized spacial score (nSPS) is 12.3. The molecule has 0 saturated heterocycles. The molecule has 1 heterocycles. The first-order chi connectivity index (χ1) is 9.78. The molecule has 0 spiro atoms. The van der Waals surface area contributed by atoms with Crippen LogP contribution in [0.4, 0.5) is 5.69 Å². The summed E-state index contributed by atoms with van der Waals surface area (Å²) in [5.41, 5.74) is 1.05. The fraction of sp³-hybridized carbons (Fsp3) is 0.467. The molecule has 0 amide bonds. The molecular formula is C15H21N3O2. The molecule has 1 N–H and O–H groups in total. The first-order valence-electron chi connectivity index (χ1n) is 7.02.